The number of halogens is 2. The summed E-state index contributed by atoms with van der Waals surface area (Å²) in [7, 11) is 0. The smallest absolute Gasteiger partial charge is 0.319 e. The third-order valence-corrected chi connectivity index (χ3v) is 3.78. The summed E-state index contributed by atoms with van der Waals surface area (Å²) in [5, 5.41) is 15.1. The summed E-state index contributed by atoms with van der Waals surface area (Å²) in [5.41, 5.74) is -0.710. The number of amides is 2. The van der Waals surface area contributed by atoms with Gasteiger partial charge in [-0.05, 0) is 31.0 Å². The number of benzene rings is 1. The maximum atomic E-state index is 13.4. The van der Waals surface area contributed by atoms with Crippen molar-refractivity contribution in [3.05, 3.63) is 28.5 Å². The van der Waals surface area contributed by atoms with Crippen molar-refractivity contribution in [3.63, 3.8) is 0 Å². The predicted molar refractivity (Wildman–Crippen MR) is 74.5 cm³/mol. The topological polar surface area (TPSA) is 61.4 Å². The molecule has 0 spiro atoms. The van der Waals surface area contributed by atoms with Crippen molar-refractivity contribution in [2.75, 3.05) is 11.9 Å². The Kier molecular flexibility index (Phi) is 4.42. The van der Waals surface area contributed by atoms with Crippen LogP contribution in [0, 0.1) is 5.82 Å². The van der Waals surface area contributed by atoms with Crippen molar-refractivity contribution in [1.29, 1.82) is 0 Å². The Hall–Kier alpha value is -1.14. The average Bonchev–Trinajstić information content (AvgIpc) is 2.79. The summed E-state index contributed by atoms with van der Waals surface area (Å²) in [6.45, 7) is 0.189. The van der Waals surface area contributed by atoms with E-state index in [0.717, 1.165) is 12.8 Å². The second-order valence-corrected chi connectivity index (χ2v) is 5.78. The van der Waals surface area contributed by atoms with Crippen molar-refractivity contribution in [2.24, 2.45) is 0 Å². The minimum absolute atomic E-state index is 0.102. The lowest BCUT2D eigenvalue weighted by Gasteiger charge is -2.22. The van der Waals surface area contributed by atoms with Crippen molar-refractivity contribution in [2.45, 2.75) is 31.3 Å². The molecule has 4 nitrogen and oxygen atoms in total. The van der Waals surface area contributed by atoms with Gasteiger partial charge in [-0.15, -0.1) is 0 Å². The van der Waals surface area contributed by atoms with Crippen LogP contribution in [0.1, 0.15) is 25.7 Å². The van der Waals surface area contributed by atoms with Gasteiger partial charge in [0, 0.05) is 11.0 Å². The lowest BCUT2D eigenvalue weighted by Crippen LogP contribution is -2.42. The summed E-state index contributed by atoms with van der Waals surface area (Å²) in [5.74, 6) is -0.502. The van der Waals surface area contributed by atoms with Crippen LogP contribution in [0.15, 0.2) is 22.7 Å². The van der Waals surface area contributed by atoms with Gasteiger partial charge in [-0.2, -0.15) is 0 Å². The van der Waals surface area contributed by atoms with Crippen LogP contribution in [0.3, 0.4) is 0 Å². The summed E-state index contributed by atoms with van der Waals surface area (Å²) in [6, 6.07) is 3.79. The Morgan fingerprint density at radius 2 is 2.11 bits per heavy atom. The van der Waals surface area contributed by atoms with Crippen LogP contribution >= 0.6 is 15.9 Å². The van der Waals surface area contributed by atoms with E-state index in [1.165, 1.54) is 12.1 Å². The van der Waals surface area contributed by atoms with Gasteiger partial charge in [0.2, 0.25) is 0 Å². The molecular weight excluding hydrogens is 315 g/mol. The second-order valence-electron chi connectivity index (χ2n) is 4.86. The van der Waals surface area contributed by atoms with Gasteiger partial charge in [0.25, 0.3) is 0 Å². The predicted octanol–water partition coefficient (Wildman–Crippen LogP) is 3.01. The van der Waals surface area contributed by atoms with E-state index >= 15 is 0 Å². The quantitative estimate of drug-likeness (QED) is 0.797. The van der Waals surface area contributed by atoms with Crippen molar-refractivity contribution >= 4 is 27.6 Å². The number of carbonyl (C=O) groups excluding carboxylic acids is 1. The molecule has 0 aromatic heterocycles. The van der Waals surface area contributed by atoms with Crippen LogP contribution in [0.4, 0.5) is 14.9 Å². The van der Waals surface area contributed by atoms with E-state index in [0.29, 0.717) is 17.3 Å². The molecule has 0 unspecified atom stereocenters. The molecule has 0 saturated heterocycles. The summed E-state index contributed by atoms with van der Waals surface area (Å²) in [4.78, 5) is 11.7. The number of anilines is 1. The minimum atomic E-state index is -0.812. The highest BCUT2D eigenvalue weighted by atomic mass is 79.9. The van der Waals surface area contributed by atoms with Crippen molar-refractivity contribution < 1.29 is 14.3 Å². The Balaban J connectivity index is 1.89. The van der Waals surface area contributed by atoms with E-state index in [4.69, 9.17) is 0 Å². The molecule has 2 amide bonds. The van der Waals surface area contributed by atoms with Gasteiger partial charge in [0.15, 0.2) is 0 Å². The molecule has 1 aliphatic rings. The Labute approximate surface area is 119 Å². The summed E-state index contributed by atoms with van der Waals surface area (Å²) >= 11 is 3.21. The SMILES string of the molecule is O=C(NCC1(O)CCCC1)Nc1cc(Br)ccc1F. The Morgan fingerprint density at radius 3 is 2.79 bits per heavy atom. The molecule has 1 aromatic rings. The fraction of sp³-hybridized carbons (Fsp3) is 0.462. The third kappa shape index (κ3) is 3.91. The highest BCUT2D eigenvalue weighted by Crippen LogP contribution is 2.28. The second kappa shape index (κ2) is 5.88. The molecule has 0 atom stereocenters. The van der Waals surface area contributed by atoms with E-state index in [-0.39, 0.29) is 12.2 Å². The standard InChI is InChI=1S/C13H16BrFN2O2/c14-9-3-4-10(15)11(7-9)17-12(18)16-8-13(19)5-1-2-6-13/h3-4,7,19H,1-2,5-6,8H2,(H2,16,17,18). The van der Waals surface area contributed by atoms with E-state index in [9.17, 15) is 14.3 Å². The zero-order valence-electron chi connectivity index (χ0n) is 10.4. The first-order chi connectivity index (χ1) is 8.98. The van der Waals surface area contributed by atoms with E-state index in [2.05, 4.69) is 26.6 Å². The number of urea groups is 1. The van der Waals surface area contributed by atoms with Gasteiger partial charge in [-0.1, -0.05) is 28.8 Å². The molecule has 1 fully saturated rings. The first-order valence-electron chi connectivity index (χ1n) is 6.21. The number of aliphatic hydroxyl groups is 1. The summed E-state index contributed by atoms with van der Waals surface area (Å²) in [6.07, 6.45) is 3.33. The zero-order chi connectivity index (χ0) is 13.9. The lowest BCUT2D eigenvalue weighted by atomic mass is 10.0. The monoisotopic (exact) mass is 330 g/mol. The molecule has 19 heavy (non-hydrogen) atoms. The molecule has 1 saturated carbocycles. The molecule has 0 heterocycles. The fourth-order valence-corrected chi connectivity index (χ4v) is 2.58. The zero-order valence-corrected chi connectivity index (χ0v) is 12.0. The Bertz CT molecular complexity index is 476. The van der Waals surface area contributed by atoms with Crippen LogP contribution in [-0.4, -0.2) is 23.3 Å². The molecule has 0 radical (unpaired) electrons. The molecule has 0 aliphatic heterocycles. The van der Waals surface area contributed by atoms with Crippen LogP contribution in [0.2, 0.25) is 0 Å². The van der Waals surface area contributed by atoms with Crippen molar-refractivity contribution in [3.8, 4) is 0 Å². The highest BCUT2D eigenvalue weighted by Gasteiger charge is 2.31. The lowest BCUT2D eigenvalue weighted by molar-refractivity contribution is 0.0506. The van der Waals surface area contributed by atoms with Gasteiger partial charge >= 0.3 is 6.03 Å². The number of carbonyl (C=O) groups is 1. The molecule has 1 aromatic carbocycles. The van der Waals surface area contributed by atoms with E-state index in [1.807, 2.05) is 0 Å². The normalized spacial score (nSPS) is 17.2. The molecule has 3 N–H and O–H groups in total. The number of hydrogen-bond donors (Lipinski definition) is 3. The van der Waals surface area contributed by atoms with Gasteiger partial charge in [0.1, 0.15) is 5.82 Å². The van der Waals surface area contributed by atoms with Crippen LogP contribution in [-0.2, 0) is 0 Å². The molecule has 2 rings (SSSR count). The molecule has 6 heteroatoms. The largest absolute Gasteiger partial charge is 0.388 e. The highest BCUT2D eigenvalue weighted by molar-refractivity contribution is 9.10. The maximum Gasteiger partial charge on any atom is 0.319 e. The first kappa shape index (κ1) is 14.3. The van der Waals surface area contributed by atoms with Crippen LogP contribution < -0.4 is 10.6 Å². The minimum Gasteiger partial charge on any atom is -0.388 e. The summed E-state index contributed by atoms with van der Waals surface area (Å²) < 4.78 is 14.1. The molecule has 1 aliphatic carbocycles. The fourth-order valence-electron chi connectivity index (χ4n) is 2.21. The van der Waals surface area contributed by atoms with Gasteiger partial charge < -0.3 is 15.7 Å². The van der Waals surface area contributed by atoms with Gasteiger partial charge in [0.05, 0.1) is 11.3 Å². The third-order valence-electron chi connectivity index (χ3n) is 3.29. The van der Waals surface area contributed by atoms with Gasteiger partial charge in [-0.25, -0.2) is 9.18 Å². The molecule has 104 valence electrons. The number of rotatable bonds is 3. The van der Waals surface area contributed by atoms with E-state index in [1.54, 1.807) is 6.07 Å². The van der Waals surface area contributed by atoms with Gasteiger partial charge in [-0.3, -0.25) is 0 Å². The van der Waals surface area contributed by atoms with E-state index < -0.39 is 17.4 Å². The number of nitrogens with one attached hydrogen (secondary N) is 2. The maximum absolute atomic E-state index is 13.4. The van der Waals surface area contributed by atoms with Crippen LogP contribution in [0.5, 0.6) is 0 Å². The van der Waals surface area contributed by atoms with Crippen molar-refractivity contribution in [1.82, 2.24) is 5.32 Å². The molecule has 0 bridgehead atoms. The Morgan fingerprint density at radius 1 is 1.42 bits per heavy atom. The van der Waals surface area contributed by atoms with Crippen LogP contribution in [0.25, 0.3) is 0 Å². The molecular formula is C13H16BrFN2O2. The number of hydrogen-bond acceptors (Lipinski definition) is 2. The average molecular weight is 331 g/mol. The first-order valence-corrected chi connectivity index (χ1v) is 7.00.